The Morgan fingerprint density at radius 1 is 0.938 bits per heavy atom. The Hall–Kier alpha value is -1.60. The number of hydrogen-bond acceptors (Lipinski definition) is 3. The van der Waals surface area contributed by atoms with Crippen molar-refractivity contribution < 1.29 is 3.74 Å². The molecule has 0 fully saturated rings. The molecule has 1 aliphatic rings. The van der Waals surface area contributed by atoms with Crippen molar-refractivity contribution in [2.24, 2.45) is 10.2 Å². The summed E-state index contributed by atoms with van der Waals surface area (Å²) in [6, 6.07) is 13.7. The van der Waals surface area contributed by atoms with Gasteiger partial charge in [-0.1, -0.05) is 0 Å². The second-order valence-electron chi connectivity index (χ2n) is 3.54. The molecule has 1 aliphatic heterocycles. The van der Waals surface area contributed by atoms with Crippen LogP contribution >= 0.6 is 0 Å². The number of fused-ring (bicyclic) bond motifs is 2. The Morgan fingerprint density at radius 3 is 2.50 bits per heavy atom. The van der Waals surface area contributed by atoms with E-state index in [4.69, 9.17) is 0 Å². The van der Waals surface area contributed by atoms with E-state index in [2.05, 4.69) is 10.2 Å². The van der Waals surface area contributed by atoms with Crippen molar-refractivity contribution in [2.45, 2.75) is 0 Å². The van der Waals surface area contributed by atoms with E-state index in [9.17, 15) is 3.74 Å². The number of rotatable bonds is 2. The van der Waals surface area contributed by atoms with Crippen molar-refractivity contribution >= 4 is 31.4 Å². The van der Waals surface area contributed by atoms with Crippen LogP contribution in [0, 0.1) is 0 Å². The minimum absolute atomic E-state index is 0.898. The number of benzene rings is 2. The molecule has 0 spiro atoms. The van der Waals surface area contributed by atoms with Crippen molar-refractivity contribution in [2.75, 3.05) is 0 Å². The topological polar surface area (TPSA) is 41.8 Å². The summed E-state index contributed by atoms with van der Waals surface area (Å²) in [5, 5.41) is 8.09. The van der Waals surface area contributed by atoms with Crippen LogP contribution in [0.3, 0.4) is 0 Å². The fourth-order valence-corrected chi connectivity index (χ4v) is 2.29. The molecule has 3 nitrogen and oxygen atoms in total. The van der Waals surface area contributed by atoms with Crippen LogP contribution in [0.2, 0.25) is 0 Å². The Bertz CT molecular complexity index is 590. The summed E-state index contributed by atoms with van der Waals surface area (Å²) in [5.74, 6) is 0. The van der Waals surface area contributed by atoms with Crippen LogP contribution in [0.25, 0.3) is 11.1 Å². The average Bonchev–Trinajstić information content (AvgIpc) is 2.72. The van der Waals surface area contributed by atoms with Gasteiger partial charge in [0.15, 0.2) is 0 Å². The van der Waals surface area contributed by atoms with E-state index in [1.165, 1.54) is 0 Å². The van der Waals surface area contributed by atoms with Crippen molar-refractivity contribution in [1.29, 1.82) is 0 Å². The monoisotopic (exact) mass is 270 g/mol. The van der Waals surface area contributed by atoms with Gasteiger partial charge in [-0.2, -0.15) is 0 Å². The summed E-state index contributed by atoms with van der Waals surface area (Å²) in [5.41, 5.74) is 3.96. The Morgan fingerprint density at radius 2 is 1.75 bits per heavy atom. The molecular formula is C12H7AsN2O. The van der Waals surface area contributed by atoms with Crippen molar-refractivity contribution in [3.8, 4) is 11.1 Å². The molecular weight excluding hydrogens is 263 g/mol. The standard InChI is InChI=1S/C12H7AsN2O/c16-13-9-3-1-8(2-4-9)11-6-5-10-7-12(11)15-14-10/h1-7H. The third kappa shape index (κ3) is 1.53. The number of azo groups is 1. The van der Waals surface area contributed by atoms with Crippen LogP contribution in [-0.4, -0.2) is 15.7 Å². The Labute approximate surface area is 99.1 Å². The van der Waals surface area contributed by atoms with Gasteiger partial charge in [-0.25, -0.2) is 0 Å². The molecule has 2 bridgehead atoms. The minimum atomic E-state index is -0.935. The van der Waals surface area contributed by atoms with Gasteiger partial charge in [-0.3, -0.25) is 0 Å². The molecule has 0 aromatic heterocycles. The van der Waals surface area contributed by atoms with Gasteiger partial charge in [0, 0.05) is 0 Å². The molecule has 16 heavy (non-hydrogen) atoms. The first-order valence-corrected chi connectivity index (χ1v) is 6.57. The van der Waals surface area contributed by atoms with E-state index in [0.717, 1.165) is 26.9 Å². The molecule has 4 heteroatoms. The quantitative estimate of drug-likeness (QED) is 0.660. The van der Waals surface area contributed by atoms with E-state index >= 15 is 0 Å². The van der Waals surface area contributed by atoms with Gasteiger partial charge in [0.05, 0.1) is 0 Å². The molecule has 0 atom stereocenters. The van der Waals surface area contributed by atoms with Crippen LogP contribution in [0.5, 0.6) is 0 Å². The molecule has 0 aliphatic carbocycles. The fraction of sp³-hybridized carbons (Fsp3) is 0. The molecule has 0 N–H and O–H groups in total. The normalized spacial score (nSPS) is 12.2. The van der Waals surface area contributed by atoms with E-state index < -0.39 is 15.7 Å². The van der Waals surface area contributed by atoms with Crippen molar-refractivity contribution in [1.82, 2.24) is 0 Å². The zero-order valence-electron chi connectivity index (χ0n) is 8.29. The molecule has 3 rings (SSSR count). The van der Waals surface area contributed by atoms with Gasteiger partial charge in [-0.15, -0.1) is 0 Å². The van der Waals surface area contributed by atoms with Crippen LogP contribution in [0.4, 0.5) is 11.4 Å². The molecule has 76 valence electrons. The van der Waals surface area contributed by atoms with Gasteiger partial charge < -0.3 is 0 Å². The molecule has 2 aromatic rings. The average molecular weight is 270 g/mol. The van der Waals surface area contributed by atoms with Crippen LogP contribution in [0.1, 0.15) is 0 Å². The summed E-state index contributed by atoms with van der Waals surface area (Å²) in [6.07, 6.45) is 0. The first-order chi connectivity index (χ1) is 7.86. The summed E-state index contributed by atoms with van der Waals surface area (Å²) < 4.78 is 11.7. The zero-order valence-corrected chi connectivity index (χ0v) is 10.2. The predicted molar refractivity (Wildman–Crippen MR) is 62.1 cm³/mol. The molecule has 0 amide bonds. The molecule has 0 radical (unpaired) electrons. The molecule has 2 aromatic carbocycles. The van der Waals surface area contributed by atoms with Crippen LogP contribution in [-0.2, 0) is 3.74 Å². The Balaban J connectivity index is 2.10. The first kappa shape index (κ1) is 9.61. The molecule has 0 unspecified atom stereocenters. The maximum absolute atomic E-state index is 10.8. The van der Waals surface area contributed by atoms with Crippen LogP contribution < -0.4 is 4.35 Å². The van der Waals surface area contributed by atoms with Crippen LogP contribution in [0.15, 0.2) is 52.7 Å². The zero-order chi connectivity index (χ0) is 11.0. The van der Waals surface area contributed by atoms with Gasteiger partial charge in [0.25, 0.3) is 0 Å². The third-order valence-corrected chi connectivity index (χ3v) is 3.61. The van der Waals surface area contributed by atoms with E-state index in [1.54, 1.807) is 0 Å². The summed E-state index contributed by atoms with van der Waals surface area (Å²) in [6.45, 7) is 0. The van der Waals surface area contributed by atoms with Gasteiger partial charge in [-0.05, 0) is 0 Å². The summed E-state index contributed by atoms with van der Waals surface area (Å²) >= 11 is -0.935. The number of nitrogens with zero attached hydrogens (tertiary/aromatic N) is 2. The summed E-state index contributed by atoms with van der Waals surface area (Å²) in [4.78, 5) is 0. The first-order valence-electron chi connectivity index (χ1n) is 4.86. The molecule has 1 heterocycles. The molecule has 0 saturated carbocycles. The second-order valence-corrected chi connectivity index (χ2v) is 5.01. The number of hydrogen-bond donors (Lipinski definition) is 0. The van der Waals surface area contributed by atoms with E-state index in [0.29, 0.717) is 0 Å². The third-order valence-electron chi connectivity index (χ3n) is 2.54. The van der Waals surface area contributed by atoms with Gasteiger partial charge in [0.2, 0.25) is 0 Å². The van der Waals surface area contributed by atoms with E-state index in [1.807, 2.05) is 42.5 Å². The van der Waals surface area contributed by atoms with Crippen molar-refractivity contribution in [3.63, 3.8) is 0 Å². The van der Waals surface area contributed by atoms with Gasteiger partial charge in [0.1, 0.15) is 0 Å². The van der Waals surface area contributed by atoms with E-state index in [-0.39, 0.29) is 0 Å². The molecule has 0 saturated heterocycles. The summed E-state index contributed by atoms with van der Waals surface area (Å²) in [7, 11) is 0. The second kappa shape index (κ2) is 3.76. The SMILES string of the molecule is O=[As]c1ccc(-c2ccc3cc2N=N3)cc1. The van der Waals surface area contributed by atoms with Gasteiger partial charge >= 0.3 is 99.0 Å². The predicted octanol–water partition coefficient (Wildman–Crippen LogP) is 2.76. The van der Waals surface area contributed by atoms with Crippen molar-refractivity contribution in [3.05, 3.63) is 42.5 Å². The fourth-order valence-electron chi connectivity index (χ4n) is 1.72. The maximum atomic E-state index is 10.8. The Kier molecular flexibility index (Phi) is 2.26.